The maximum absolute atomic E-state index is 6.74. The van der Waals surface area contributed by atoms with Gasteiger partial charge in [0.15, 0.2) is 8.07 Å². The lowest BCUT2D eigenvalue weighted by molar-refractivity contribution is 0.434. The summed E-state index contributed by atoms with van der Waals surface area (Å²) in [7, 11) is -2.66. The highest BCUT2D eigenvalue weighted by molar-refractivity contribution is 7.24. The van der Waals surface area contributed by atoms with Crippen LogP contribution in [0.25, 0.3) is 33.4 Å². The third-order valence-corrected chi connectivity index (χ3v) is 18.3. The van der Waals surface area contributed by atoms with Crippen LogP contribution in [0.2, 0.25) is 0 Å². The zero-order chi connectivity index (χ0) is 38.0. The Labute approximate surface area is 338 Å². The second-order valence-electron chi connectivity index (χ2n) is 15.9. The summed E-state index contributed by atoms with van der Waals surface area (Å²) >= 11 is 0. The first-order valence-electron chi connectivity index (χ1n) is 20.2. The molecule has 9 aromatic rings. The molecule has 0 N–H and O–H groups in total. The van der Waals surface area contributed by atoms with Crippen molar-refractivity contribution in [3.05, 3.63) is 235 Å². The fourth-order valence-corrected chi connectivity index (χ4v) is 16.8. The molecular weight excluding hydrogens is 719 g/mol. The van der Waals surface area contributed by atoms with Crippen LogP contribution in [0, 0.1) is 0 Å². The summed E-state index contributed by atoms with van der Waals surface area (Å²) in [6.45, 7) is 0. The molecule has 0 atom stereocenters. The Morgan fingerprint density at radius 1 is 0.345 bits per heavy atom. The third-order valence-electron chi connectivity index (χ3n) is 13.3. The summed E-state index contributed by atoms with van der Waals surface area (Å²) < 4.78 is 6.74. The maximum atomic E-state index is 6.74. The number of para-hydroxylation sites is 3. The highest BCUT2D eigenvalue weighted by Gasteiger charge is 2.55. The zero-order valence-corrected chi connectivity index (χ0v) is 32.6. The fourth-order valence-electron chi connectivity index (χ4n) is 11.2. The molecule has 2 nitrogen and oxygen atoms in total. The van der Waals surface area contributed by atoms with Crippen LogP contribution >= 0.6 is 0 Å². The average Bonchev–Trinajstić information content (AvgIpc) is 3.76. The first-order chi connectivity index (χ1) is 28.8. The van der Waals surface area contributed by atoms with Crippen LogP contribution in [0.3, 0.4) is 0 Å². The molecule has 4 aliphatic rings. The molecule has 2 spiro atoms. The third kappa shape index (κ3) is 3.91. The van der Waals surface area contributed by atoms with E-state index < -0.39 is 13.5 Å². The van der Waals surface area contributed by atoms with E-state index in [0.717, 1.165) is 22.6 Å². The van der Waals surface area contributed by atoms with Gasteiger partial charge in [-0.3, -0.25) is 0 Å². The van der Waals surface area contributed by atoms with Crippen LogP contribution < -0.4 is 30.4 Å². The van der Waals surface area contributed by atoms with Crippen molar-refractivity contribution in [1.29, 1.82) is 0 Å². The van der Waals surface area contributed by atoms with Crippen molar-refractivity contribution >= 4 is 45.9 Å². The van der Waals surface area contributed by atoms with Gasteiger partial charge in [0.2, 0.25) is 0 Å². The van der Waals surface area contributed by atoms with Crippen molar-refractivity contribution in [3.63, 3.8) is 0 Å². The van der Waals surface area contributed by atoms with Gasteiger partial charge >= 0.3 is 0 Å². The molecule has 0 aliphatic carbocycles. The van der Waals surface area contributed by atoms with Gasteiger partial charge in [-0.25, -0.2) is 0 Å². The van der Waals surface area contributed by atoms with Crippen LogP contribution in [-0.2, 0) is 5.41 Å². The molecule has 9 aromatic carbocycles. The van der Waals surface area contributed by atoms with E-state index >= 15 is 0 Å². The van der Waals surface area contributed by atoms with Crippen molar-refractivity contribution in [2.24, 2.45) is 0 Å². The highest BCUT2D eigenvalue weighted by Crippen LogP contribution is 2.63. The number of hydrogen-bond donors (Lipinski definition) is 0. The second kappa shape index (κ2) is 11.7. The van der Waals surface area contributed by atoms with Gasteiger partial charge in [-0.05, 0) is 108 Å². The van der Waals surface area contributed by atoms with Crippen molar-refractivity contribution in [2.45, 2.75) is 5.41 Å². The van der Waals surface area contributed by atoms with Crippen molar-refractivity contribution in [2.75, 3.05) is 4.90 Å². The molecule has 4 aliphatic heterocycles. The monoisotopic (exact) mass is 753 g/mol. The molecule has 0 saturated heterocycles. The van der Waals surface area contributed by atoms with Crippen LogP contribution in [-0.4, -0.2) is 8.07 Å². The Kier molecular flexibility index (Phi) is 6.43. The molecule has 58 heavy (non-hydrogen) atoms. The van der Waals surface area contributed by atoms with Crippen molar-refractivity contribution < 1.29 is 4.74 Å². The highest BCUT2D eigenvalue weighted by atomic mass is 28.3. The Morgan fingerprint density at radius 3 is 1.48 bits per heavy atom. The van der Waals surface area contributed by atoms with Gasteiger partial charge in [0.05, 0.1) is 16.8 Å². The molecule has 0 fully saturated rings. The van der Waals surface area contributed by atoms with E-state index in [1.165, 1.54) is 82.3 Å². The number of nitrogens with zero attached hydrogens (tertiary/aromatic N) is 1. The fraction of sp³-hybridized carbons (Fsp3) is 0.0182. The van der Waals surface area contributed by atoms with E-state index in [1.807, 2.05) is 0 Å². The number of fused-ring (bicyclic) bond motifs is 18. The lowest BCUT2D eigenvalue weighted by atomic mass is 9.61. The van der Waals surface area contributed by atoms with Crippen LogP contribution in [0.1, 0.15) is 22.3 Å². The SMILES string of the molecule is c1ccc(-c2ccc3c(c2)C2(c4ccccc4Oc4ccccc42)c2ccccc2N3c2ccc3c(c2)[Si]2(c4ccccc4-c4ccccc42)c2ccccc2-3)cc1. The zero-order valence-electron chi connectivity index (χ0n) is 31.6. The number of benzene rings is 9. The van der Waals surface area contributed by atoms with Gasteiger partial charge in [-0.15, -0.1) is 0 Å². The topological polar surface area (TPSA) is 12.5 Å². The minimum absolute atomic E-state index is 0.634. The molecule has 270 valence electrons. The number of anilines is 3. The van der Waals surface area contributed by atoms with Gasteiger partial charge in [0.1, 0.15) is 11.5 Å². The molecule has 0 bridgehead atoms. The van der Waals surface area contributed by atoms with E-state index in [1.54, 1.807) is 0 Å². The van der Waals surface area contributed by atoms with Crippen molar-refractivity contribution in [1.82, 2.24) is 0 Å². The van der Waals surface area contributed by atoms with E-state index in [9.17, 15) is 0 Å². The van der Waals surface area contributed by atoms with E-state index in [0.29, 0.717) is 0 Å². The molecular formula is C55H35NOSi. The van der Waals surface area contributed by atoms with Crippen LogP contribution in [0.15, 0.2) is 212 Å². The van der Waals surface area contributed by atoms with Gasteiger partial charge in [0, 0.05) is 16.8 Å². The summed E-state index contributed by atoms with van der Waals surface area (Å²) in [4.78, 5) is 2.55. The summed E-state index contributed by atoms with van der Waals surface area (Å²) in [5.74, 6) is 1.78. The maximum Gasteiger partial charge on any atom is 0.182 e. The first kappa shape index (κ1) is 31.9. The van der Waals surface area contributed by atoms with Gasteiger partial charge in [-0.2, -0.15) is 0 Å². The molecule has 0 radical (unpaired) electrons. The van der Waals surface area contributed by atoms with Crippen molar-refractivity contribution in [3.8, 4) is 44.9 Å². The molecule has 3 heteroatoms. The molecule has 4 heterocycles. The normalized spacial score (nSPS) is 14.9. The Morgan fingerprint density at radius 2 is 0.845 bits per heavy atom. The summed E-state index contributed by atoms with van der Waals surface area (Å²) in [5.41, 5.74) is 15.5. The lowest BCUT2D eigenvalue weighted by Crippen LogP contribution is -2.70. The number of rotatable bonds is 2. The largest absolute Gasteiger partial charge is 0.457 e. The van der Waals surface area contributed by atoms with E-state index in [4.69, 9.17) is 4.74 Å². The minimum Gasteiger partial charge on any atom is -0.457 e. The minimum atomic E-state index is -2.66. The van der Waals surface area contributed by atoms with Gasteiger partial charge < -0.3 is 9.64 Å². The summed E-state index contributed by atoms with van der Waals surface area (Å²) in [5, 5.41) is 5.92. The Hall–Kier alpha value is -7.20. The Balaban J connectivity index is 1.13. The predicted octanol–water partition coefficient (Wildman–Crippen LogP) is 11.0. The molecule has 0 saturated carbocycles. The molecule has 0 amide bonds. The number of hydrogen-bond acceptors (Lipinski definition) is 2. The van der Waals surface area contributed by atoms with Gasteiger partial charge in [0.25, 0.3) is 0 Å². The number of ether oxygens (including phenoxy) is 1. The molecule has 13 rings (SSSR count). The predicted molar refractivity (Wildman–Crippen MR) is 240 cm³/mol. The molecule has 0 unspecified atom stereocenters. The first-order valence-corrected chi connectivity index (χ1v) is 22.2. The second-order valence-corrected chi connectivity index (χ2v) is 19.6. The van der Waals surface area contributed by atoms with Gasteiger partial charge in [-0.1, -0.05) is 170 Å². The van der Waals surface area contributed by atoms with E-state index in [-0.39, 0.29) is 0 Å². The van der Waals surface area contributed by atoms with Crippen LogP contribution in [0.4, 0.5) is 17.1 Å². The lowest BCUT2D eigenvalue weighted by Gasteiger charge is -2.48. The standard InChI is InChI=1S/C55H35NOSi/c1-2-16-36(17-3-1)37-30-33-48-46(34-37)55(44-22-8-11-25-49(44)57-50-26-12-9-23-45(50)55)43-21-7-10-24-47(43)56(48)38-31-32-42-41-20-6-15-29-53(41)58(54(42)35-38)51-27-13-4-18-39(51)40-19-5-14-28-52(40)58/h1-35H. The van der Waals surface area contributed by atoms with Crippen LogP contribution in [0.5, 0.6) is 11.5 Å². The summed E-state index contributed by atoms with van der Waals surface area (Å²) in [6, 6.07) is 79.3. The van der Waals surface area contributed by atoms with E-state index in [2.05, 4.69) is 217 Å². The Bertz CT molecular complexity index is 3070. The molecule has 0 aromatic heterocycles. The summed E-state index contributed by atoms with van der Waals surface area (Å²) in [6.07, 6.45) is 0. The average molecular weight is 754 g/mol. The smallest absolute Gasteiger partial charge is 0.182 e. The quantitative estimate of drug-likeness (QED) is 0.163.